The standard InChI is InChI=1S/C7H7BrF2N2O/c1-6(13,7(8,9)10)5-4-11-2-3-12-5/h2-4,13H,1H3. The molecule has 0 amide bonds. The molecule has 1 N–H and O–H groups in total. The molecule has 1 atom stereocenters. The maximum Gasteiger partial charge on any atom is 0.334 e. The molecule has 0 fully saturated rings. The molecular weight excluding hydrogens is 246 g/mol. The Morgan fingerprint density at radius 1 is 1.46 bits per heavy atom. The second kappa shape index (κ2) is 3.26. The van der Waals surface area contributed by atoms with E-state index in [0.29, 0.717) is 0 Å². The van der Waals surface area contributed by atoms with Crippen LogP contribution in [0.1, 0.15) is 12.6 Å². The van der Waals surface area contributed by atoms with Crippen LogP contribution in [0.15, 0.2) is 18.6 Å². The summed E-state index contributed by atoms with van der Waals surface area (Å²) in [7, 11) is 0. The van der Waals surface area contributed by atoms with E-state index < -0.39 is 10.4 Å². The van der Waals surface area contributed by atoms with Gasteiger partial charge in [0.05, 0.1) is 11.9 Å². The van der Waals surface area contributed by atoms with Crippen molar-refractivity contribution in [2.24, 2.45) is 0 Å². The van der Waals surface area contributed by atoms with E-state index in [1.54, 1.807) is 0 Å². The maximum absolute atomic E-state index is 12.8. The van der Waals surface area contributed by atoms with E-state index in [-0.39, 0.29) is 5.69 Å². The van der Waals surface area contributed by atoms with Gasteiger partial charge in [-0.3, -0.25) is 9.97 Å². The third-order valence-electron chi connectivity index (χ3n) is 1.61. The first-order valence-corrected chi connectivity index (χ1v) is 4.20. The van der Waals surface area contributed by atoms with E-state index in [4.69, 9.17) is 0 Å². The second-order valence-corrected chi connectivity index (χ2v) is 3.66. The van der Waals surface area contributed by atoms with Crippen molar-refractivity contribution in [2.45, 2.75) is 17.4 Å². The molecule has 0 spiro atoms. The van der Waals surface area contributed by atoms with Crippen LogP contribution in [0, 0.1) is 0 Å². The van der Waals surface area contributed by atoms with Crippen LogP contribution >= 0.6 is 15.9 Å². The second-order valence-electron chi connectivity index (χ2n) is 2.66. The first-order valence-electron chi connectivity index (χ1n) is 3.41. The SMILES string of the molecule is CC(O)(c1cnccn1)C(F)(F)Br. The molecule has 1 heterocycles. The number of alkyl halides is 3. The Bertz CT molecular complexity index is 286. The van der Waals surface area contributed by atoms with Crippen molar-refractivity contribution in [1.29, 1.82) is 0 Å². The highest BCUT2D eigenvalue weighted by atomic mass is 79.9. The average molecular weight is 253 g/mol. The Hall–Kier alpha value is -0.620. The van der Waals surface area contributed by atoms with Gasteiger partial charge in [0.2, 0.25) is 0 Å². The van der Waals surface area contributed by atoms with Crippen molar-refractivity contribution >= 4 is 15.9 Å². The lowest BCUT2D eigenvalue weighted by Gasteiger charge is -2.26. The van der Waals surface area contributed by atoms with Gasteiger partial charge in [0, 0.05) is 12.4 Å². The van der Waals surface area contributed by atoms with Gasteiger partial charge < -0.3 is 5.11 Å². The molecule has 0 saturated carbocycles. The number of aliphatic hydroxyl groups is 1. The average Bonchev–Trinajstić information content (AvgIpc) is 2.04. The van der Waals surface area contributed by atoms with Crippen molar-refractivity contribution in [1.82, 2.24) is 9.97 Å². The van der Waals surface area contributed by atoms with E-state index in [9.17, 15) is 13.9 Å². The number of rotatable bonds is 2. The van der Waals surface area contributed by atoms with Gasteiger partial charge in [-0.1, -0.05) is 0 Å². The van der Waals surface area contributed by atoms with Crippen molar-refractivity contribution < 1.29 is 13.9 Å². The van der Waals surface area contributed by atoms with E-state index in [2.05, 4.69) is 25.9 Å². The van der Waals surface area contributed by atoms with Gasteiger partial charge in [-0.2, -0.15) is 8.78 Å². The minimum atomic E-state index is -3.43. The summed E-state index contributed by atoms with van der Waals surface area (Å²) in [5.41, 5.74) is -2.54. The molecule has 0 aliphatic heterocycles. The van der Waals surface area contributed by atoms with E-state index in [0.717, 1.165) is 13.1 Å². The summed E-state index contributed by atoms with van der Waals surface area (Å²) in [6.45, 7) is 0.964. The summed E-state index contributed by atoms with van der Waals surface area (Å²) in [5, 5.41) is 9.42. The lowest BCUT2D eigenvalue weighted by Crippen LogP contribution is -2.38. The molecule has 0 saturated heterocycles. The number of hydrogen-bond acceptors (Lipinski definition) is 3. The van der Waals surface area contributed by atoms with Crippen molar-refractivity contribution in [2.75, 3.05) is 0 Å². The third kappa shape index (κ3) is 2.00. The number of nitrogens with zero attached hydrogens (tertiary/aromatic N) is 2. The Kier molecular flexibility index (Phi) is 2.63. The third-order valence-corrected chi connectivity index (χ3v) is 2.39. The zero-order valence-electron chi connectivity index (χ0n) is 6.71. The minimum Gasteiger partial charge on any atom is -0.377 e. The highest BCUT2D eigenvalue weighted by molar-refractivity contribution is 9.10. The molecule has 1 aromatic rings. The van der Waals surface area contributed by atoms with Gasteiger partial charge in [-0.25, -0.2) is 0 Å². The highest BCUT2D eigenvalue weighted by Gasteiger charge is 2.49. The van der Waals surface area contributed by atoms with Crippen LogP contribution in [0.25, 0.3) is 0 Å². The topological polar surface area (TPSA) is 46.0 Å². The molecular formula is C7H7BrF2N2O. The Labute approximate surface area is 82.0 Å². The summed E-state index contributed by atoms with van der Waals surface area (Å²) in [4.78, 5) is 3.75. The van der Waals surface area contributed by atoms with Crippen molar-refractivity contribution in [3.63, 3.8) is 0 Å². The van der Waals surface area contributed by atoms with Crippen LogP contribution in [0.3, 0.4) is 0 Å². The van der Waals surface area contributed by atoms with E-state index >= 15 is 0 Å². The Morgan fingerprint density at radius 2 is 2.08 bits per heavy atom. The molecule has 1 rings (SSSR count). The maximum atomic E-state index is 12.8. The monoisotopic (exact) mass is 252 g/mol. The van der Waals surface area contributed by atoms with Gasteiger partial charge in [-0.15, -0.1) is 0 Å². The fraction of sp³-hybridized carbons (Fsp3) is 0.429. The number of aromatic nitrogens is 2. The van der Waals surface area contributed by atoms with Gasteiger partial charge >= 0.3 is 4.83 Å². The minimum absolute atomic E-state index is 0.183. The predicted molar refractivity (Wildman–Crippen MR) is 45.5 cm³/mol. The van der Waals surface area contributed by atoms with E-state index in [1.807, 2.05) is 0 Å². The van der Waals surface area contributed by atoms with Crippen LogP contribution in [0.4, 0.5) is 8.78 Å². The number of hydrogen-bond donors (Lipinski definition) is 1. The smallest absolute Gasteiger partial charge is 0.334 e. The summed E-state index contributed by atoms with van der Waals surface area (Å²) in [6.07, 6.45) is 3.67. The van der Waals surface area contributed by atoms with Gasteiger partial charge in [0.25, 0.3) is 0 Å². The Morgan fingerprint density at radius 3 is 2.46 bits per heavy atom. The number of halogens is 3. The summed E-state index contributed by atoms with van der Waals surface area (Å²) >= 11 is 2.09. The fourth-order valence-electron chi connectivity index (χ4n) is 0.696. The van der Waals surface area contributed by atoms with E-state index in [1.165, 1.54) is 12.4 Å². The lowest BCUT2D eigenvalue weighted by atomic mass is 10.0. The fourth-order valence-corrected chi connectivity index (χ4v) is 0.899. The first-order chi connectivity index (χ1) is 5.86. The zero-order chi connectivity index (χ0) is 10.1. The van der Waals surface area contributed by atoms with Gasteiger partial charge in [-0.05, 0) is 22.9 Å². The Balaban J connectivity index is 3.08. The first kappa shape index (κ1) is 10.5. The quantitative estimate of drug-likeness (QED) is 0.815. The van der Waals surface area contributed by atoms with Crippen molar-refractivity contribution in [3.05, 3.63) is 24.3 Å². The zero-order valence-corrected chi connectivity index (χ0v) is 8.29. The normalized spacial score (nSPS) is 16.7. The van der Waals surface area contributed by atoms with Crippen LogP contribution in [0.5, 0.6) is 0 Å². The molecule has 72 valence electrons. The van der Waals surface area contributed by atoms with Crippen LogP contribution < -0.4 is 0 Å². The summed E-state index contributed by atoms with van der Waals surface area (Å²) in [6, 6.07) is 0. The molecule has 0 radical (unpaired) electrons. The molecule has 13 heavy (non-hydrogen) atoms. The highest BCUT2D eigenvalue weighted by Crippen LogP contribution is 2.40. The summed E-state index contributed by atoms with van der Waals surface area (Å²) < 4.78 is 25.6. The van der Waals surface area contributed by atoms with Crippen molar-refractivity contribution in [3.8, 4) is 0 Å². The molecule has 0 aliphatic carbocycles. The van der Waals surface area contributed by atoms with Crippen LogP contribution in [-0.4, -0.2) is 19.9 Å². The molecule has 0 bridgehead atoms. The molecule has 1 unspecified atom stereocenters. The van der Waals surface area contributed by atoms with Crippen LogP contribution in [0.2, 0.25) is 0 Å². The van der Waals surface area contributed by atoms with Gasteiger partial charge in [0.15, 0.2) is 5.60 Å². The molecule has 0 aliphatic rings. The molecule has 1 aromatic heterocycles. The summed E-state index contributed by atoms with van der Waals surface area (Å²) in [5.74, 6) is 0. The molecule has 0 aromatic carbocycles. The molecule has 6 heteroatoms. The van der Waals surface area contributed by atoms with Crippen LogP contribution in [-0.2, 0) is 5.60 Å². The van der Waals surface area contributed by atoms with Gasteiger partial charge in [0.1, 0.15) is 0 Å². The lowest BCUT2D eigenvalue weighted by molar-refractivity contribution is -0.111. The largest absolute Gasteiger partial charge is 0.377 e. The predicted octanol–water partition coefficient (Wildman–Crippen LogP) is 1.67. The molecule has 3 nitrogen and oxygen atoms in total.